The highest BCUT2D eigenvalue weighted by atomic mass is 32.2. The maximum absolute atomic E-state index is 12.9. The van der Waals surface area contributed by atoms with E-state index in [9.17, 15) is 13.2 Å². The van der Waals surface area contributed by atoms with Crippen LogP contribution in [-0.4, -0.2) is 55.2 Å². The van der Waals surface area contributed by atoms with Gasteiger partial charge in [-0.3, -0.25) is 4.79 Å². The molecule has 1 saturated heterocycles. The first-order valence-corrected chi connectivity index (χ1v) is 13.2. The zero-order valence-corrected chi connectivity index (χ0v) is 20.3. The van der Waals surface area contributed by atoms with Gasteiger partial charge in [-0.05, 0) is 55.3 Å². The molecule has 1 aliphatic heterocycles. The number of aromatic nitrogens is 1. The number of nitrogens with one attached hydrogen (secondary N) is 1. The number of thioether (sulfide) groups is 1. The van der Waals surface area contributed by atoms with Crippen LogP contribution in [0.5, 0.6) is 0 Å². The molecule has 4 rings (SSSR count). The van der Waals surface area contributed by atoms with E-state index in [1.54, 1.807) is 12.1 Å². The third kappa shape index (κ3) is 5.38. The van der Waals surface area contributed by atoms with E-state index in [1.165, 1.54) is 28.2 Å². The second kappa shape index (κ2) is 10.2. The van der Waals surface area contributed by atoms with Crippen LogP contribution in [0.1, 0.15) is 18.9 Å². The van der Waals surface area contributed by atoms with Crippen LogP contribution in [-0.2, 0) is 19.6 Å². The van der Waals surface area contributed by atoms with Crippen molar-refractivity contribution in [2.75, 3.05) is 31.6 Å². The van der Waals surface area contributed by atoms with Crippen molar-refractivity contribution in [3.8, 4) is 0 Å². The molecule has 1 atom stereocenters. The number of carbonyl (C=O) groups is 1. The first-order chi connectivity index (χ1) is 15.9. The van der Waals surface area contributed by atoms with Crippen molar-refractivity contribution < 1.29 is 17.9 Å². The summed E-state index contributed by atoms with van der Waals surface area (Å²) in [5.74, 6) is -0.140. The van der Waals surface area contributed by atoms with Crippen LogP contribution in [0.3, 0.4) is 0 Å². The molecule has 0 saturated carbocycles. The molecule has 9 heteroatoms. The molecule has 1 amide bonds. The van der Waals surface area contributed by atoms with Gasteiger partial charge in [0, 0.05) is 24.2 Å². The Hall–Kier alpha value is -2.46. The molecular formula is C24H27N3O4S2. The molecule has 7 nitrogen and oxygen atoms in total. The lowest BCUT2D eigenvalue weighted by Gasteiger charge is -2.26. The van der Waals surface area contributed by atoms with Gasteiger partial charge in [0.25, 0.3) is 0 Å². The van der Waals surface area contributed by atoms with E-state index in [2.05, 4.69) is 5.32 Å². The van der Waals surface area contributed by atoms with Crippen LogP contribution < -0.4 is 5.32 Å². The van der Waals surface area contributed by atoms with Gasteiger partial charge in [0.15, 0.2) is 0 Å². The van der Waals surface area contributed by atoms with E-state index in [0.29, 0.717) is 38.4 Å². The monoisotopic (exact) mass is 485 g/mol. The van der Waals surface area contributed by atoms with Gasteiger partial charge in [0.2, 0.25) is 15.9 Å². The molecule has 2 aromatic carbocycles. The summed E-state index contributed by atoms with van der Waals surface area (Å²) < 4.78 is 32.2. The Morgan fingerprint density at radius 3 is 2.55 bits per heavy atom. The number of ether oxygens (including phenoxy) is 1. The topological polar surface area (TPSA) is 88.6 Å². The first kappa shape index (κ1) is 23.7. The van der Waals surface area contributed by atoms with Crippen LogP contribution >= 0.6 is 11.8 Å². The lowest BCUT2D eigenvalue weighted by molar-refractivity contribution is -0.115. The number of anilines is 1. The zero-order valence-electron chi connectivity index (χ0n) is 18.7. The van der Waals surface area contributed by atoms with Crippen molar-refractivity contribution in [2.45, 2.75) is 35.4 Å². The number of para-hydroxylation sites is 1. The second-order valence-corrected chi connectivity index (χ2v) is 11.0. The van der Waals surface area contributed by atoms with Gasteiger partial charge in [-0.15, -0.1) is 0 Å². The van der Waals surface area contributed by atoms with Crippen molar-refractivity contribution in [1.29, 1.82) is 0 Å². The molecule has 174 valence electrons. The zero-order chi connectivity index (χ0) is 23.4. The molecule has 0 spiro atoms. The molecule has 0 radical (unpaired) electrons. The van der Waals surface area contributed by atoms with Gasteiger partial charge in [0.05, 0.1) is 33.9 Å². The molecule has 0 aliphatic carbocycles. The van der Waals surface area contributed by atoms with Crippen molar-refractivity contribution in [1.82, 2.24) is 9.29 Å². The Bertz CT molecular complexity index is 1240. The number of amides is 1. The maximum Gasteiger partial charge on any atom is 0.243 e. The summed E-state index contributed by atoms with van der Waals surface area (Å²) in [4.78, 5) is 17.8. The van der Waals surface area contributed by atoms with Crippen LogP contribution in [0.2, 0.25) is 0 Å². The fourth-order valence-electron chi connectivity index (χ4n) is 3.72. The SMILES string of the molecule is CCC(Sc1cc(C)c2ccccc2n1)C(=O)Nc1ccc(S(=O)(=O)N2CCOCC2)cc1. The standard InChI is InChI=1S/C24H27N3O4S2/c1-3-22(32-23-16-17(2)20-6-4-5-7-21(20)26-23)24(28)25-18-8-10-19(11-9-18)33(29,30)27-12-14-31-15-13-27/h4-11,16,22H,3,12-15H2,1-2H3,(H,25,28). The smallest absolute Gasteiger partial charge is 0.243 e. The average Bonchev–Trinajstić information content (AvgIpc) is 2.83. The fourth-order valence-corrected chi connectivity index (χ4v) is 6.14. The van der Waals surface area contributed by atoms with E-state index in [4.69, 9.17) is 9.72 Å². The Labute approximate surface area is 198 Å². The molecule has 33 heavy (non-hydrogen) atoms. The molecule has 1 aromatic heterocycles. The van der Waals surface area contributed by atoms with Gasteiger partial charge in [0.1, 0.15) is 0 Å². The summed E-state index contributed by atoms with van der Waals surface area (Å²) >= 11 is 1.43. The average molecular weight is 486 g/mol. The van der Waals surface area contributed by atoms with Crippen LogP contribution in [0.25, 0.3) is 10.9 Å². The Balaban J connectivity index is 1.44. The predicted molar refractivity (Wildman–Crippen MR) is 131 cm³/mol. The number of nitrogens with zero attached hydrogens (tertiary/aromatic N) is 2. The summed E-state index contributed by atoms with van der Waals surface area (Å²) in [6, 6.07) is 16.3. The molecule has 3 aromatic rings. The number of sulfonamides is 1. The maximum atomic E-state index is 12.9. The minimum Gasteiger partial charge on any atom is -0.379 e. The minimum atomic E-state index is -3.56. The van der Waals surface area contributed by atoms with Gasteiger partial charge < -0.3 is 10.1 Å². The van der Waals surface area contributed by atoms with E-state index >= 15 is 0 Å². The van der Waals surface area contributed by atoms with Crippen LogP contribution in [0.4, 0.5) is 5.69 Å². The second-order valence-electron chi connectivity index (χ2n) is 7.84. The third-order valence-corrected chi connectivity index (χ3v) is 8.75. The highest BCUT2D eigenvalue weighted by Crippen LogP contribution is 2.29. The summed E-state index contributed by atoms with van der Waals surface area (Å²) in [5, 5.41) is 4.49. The quantitative estimate of drug-likeness (QED) is 0.508. The predicted octanol–water partition coefficient (Wildman–Crippen LogP) is 4.07. The normalized spacial score (nSPS) is 15.9. The van der Waals surface area contributed by atoms with Gasteiger partial charge >= 0.3 is 0 Å². The van der Waals surface area contributed by atoms with Crippen molar-refractivity contribution in [3.63, 3.8) is 0 Å². The fraction of sp³-hybridized carbons (Fsp3) is 0.333. The summed E-state index contributed by atoms with van der Waals surface area (Å²) in [5.41, 5.74) is 2.59. The number of fused-ring (bicyclic) bond motifs is 1. The summed E-state index contributed by atoms with van der Waals surface area (Å²) in [6.07, 6.45) is 0.632. The van der Waals surface area contributed by atoms with E-state index in [-0.39, 0.29) is 16.1 Å². The van der Waals surface area contributed by atoms with Gasteiger partial charge in [-0.2, -0.15) is 4.31 Å². The highest BCUT2D eigenvalue weighted by molar-refractivity contribution is 8.00. The number of pyridine rings is 1. The minimum absolute atomic E-state index is 0.140. The van der Waals surface area contributed by atoms with E-state index in [1.807, 2.05) is 44.2 Å². The molecule has 0 bridgehead atoms. The molecule has 1 unspecified atom stereocenters. The van der Waals surface area contributed by atoms with Crippen molar-refractivity contribution in [2.24, 2.45) is 0 Å². The molecule has 1 fully saturated rings. The number of benzene rings is 2. The lowest BCUT2D eigenvalue weighted by Crippen LogP contribution is -2.40. The Morgan fingerprint density at radius 1 is 1.15 bits per heavy atom. The van der Waals surface area contributed by atoms with Crippen LogP contribution in [0.15, 0.2) is 64.5 Å². The number of hydrogen-bond acceptors (Lipinski definition) is 6. The van der Waals surface area contributed by atoms with Gasteiger partial charge in [-0.1, -0.05) is 36.9 Å². The summed E-state index contributed by atoms with van der Waals surface area (Å²) in [6.45, 7) is 5.49. The third-order valence-electron chi connectivity index (χ3n) is 5.56. The summed E-state index contributed by atoms with van der Waals surface area (Å²) in [7, 11) is -3.56. The Morgan fingerprint density at radius 2 is 1.85 bits per heavy atom. The lowest BCUT2D eigenvalue weighted by atomic mass is 10.1. The van der Waals surface area contributed by atoms with Crippen LogP contribution in [0, 0.1) is 6.92 Å². The highest BCUT2D eigenvalue weighted by Gasteiger charge is 2.26. The molecule has 2 heterocycles. The largest absolute Gasteiger partial charge is 0.379 e. The Kier molecular flexibility index (Phi) is 7.33. The van der Waals surface area contributed by atoms with Gasteiger partial charge in [-0.25, -0.2) is 13.4 Å². The molecule has 1 aliphatic rings. The number of morpholine rings is 1. The first-order valence-electron chi connectivity index (χ1n) is 10.9. The van der Waals surface area contributed by atoms with E-state index in [0.717, 1.165) is 21.5 Å². The number of aryl methyl sites for hydroxylation is 1. The van der Waals surface area contributed by atoms with E-state index < -0.39 is 10.0 Å². The number of carbonyl (C=O) groups excluding carboxylic acids is 1. The van der Waals surface area contributed by atoms with Crippen molar-refractivity contribution in [3.05, 3.63) is 60.2 Å². The number of hydrogen-bond donors (Lipinski definition) is 1. The number of rotatable bonds is 7. The molecular weight excluding hydrogens is 458 g/mol. The molecule has 1 N–H and O–H groups in total. The van der Waals surface area contributed by atoms with Crippen molar-refractivity contribution >= 4 is 44.3 Å².